The maximum atomic E-state index is 9.15. The van der Waals surface area contributed by atoms with Crippen LogP contribution in [-0.2, 0) is 0 Å². The van der Waals surface area contributed by atoms with Gasteiger partial charge in [0.2, 0.25) is 0 Å². The normalized spacial score (nSPS) is 12.3. The van der Waals surface area contributed by atoms with Crippen LogP contribution in [0.25, 0.3) is 0 Å². The molecular formula is C11H15BrO3. The molecular weight excluding hydrogens is 260 g/mol. The molecule has 0 radical (unpaired) electrons. The van der Waals surface area contributed by atoms with Crippen LogP contribution in [0.1, 0.15) is 18.4 Å². The van der Waals surface area contributed by atoms with E-state index in [0.717, 1.165) is 21.5 Å². The van der Waals surface area contributed by atoms with Gasteiger partial charge in [-0.2, -0.15) is 0 Å². The summed E-state index contributed by atoms with van der Waals surface area (Å²) in [6.07, 6.45) is 0. The van der Waals surface area contributed by atoms with E-state index < -0.39 is 0 Å². The third-order valence-electron chi connectivity index (χ3n) is 2.29. The molecule has 0 heterocycles. The van der Waals surface area contributed by atoms with E-state index in [9.17, 15) is 0 Å². The van der Waals surface area contributed by atoms with E-state index in [4.69, 9.17) is 14.6 Å². The average Bonchev–Trinajstić information content (AvgIpc) is 2.26. The maximum absolute atomic E-state index is 9.15. The highest BCUT2D eigenvalue weighted by atomic mass is 79.9. The van der Waals surface area contributed by atoms with Crippen LogP contribution in [-0.4, -0.2) is 25.9 Å². The highest BCUT2D eigenvalue weighted by Gasteiger charge is 2.16. The molecule has 4 heteroatoms. The molecule has 3 nitrogen and oxygen atoms in total. The van der Waals surface area contributed by atoms with Crippen molar-refractivity contribution < 1.29 is 14.6 Å². The number of aliphatic hydroxyl groups is 1. The lowest BCUT2D eigenvalue weighted by Crippen LogP contribution is -2.03. The van der Waals surface area contributed by atoms with E-state index in [0.29, 0.717) is 0 Å². The Morgan fingerprint density at radius 2 is 2.00 bits per heavy atom. The number of aliphatic hydroxyl groups excluding tert-OH is 1. The molecule has 0 saturated carbocycles. The molecule has 0 aliphatic heterocycles. The Morgan fingerprint density at radius 3 is 2.47 bits per heavy atom. The lowest BCUT2D eigenvalue weighted by molar-refractivity contribution is 0.269. The third-order valence-corrected chi connectivity index (χ3v) is 2.94. The minimum absolute atomic E-state index is 0.0280. The minimum atomic E-state index is 0.0280. The molecule has 1 unspecified atom stereocenters. The lowest BCUT2D eigenvalue weighted by atomic mass is 10.0. The first kappa shape index (κ1) is 12.3. The highest BCUT2D eigenvalue weighted by molar-refractivity contribution is 9.10. The van der Waals surface area contributed by atoms with Crippen molar-refractivity contribution in [1.29, 1.82) is 0 Å². The quantitative estimate of drug-likeness (QED) is 0.917. The SMILES string of the molecule is COc1cc(Br)c(C(C)CO)c(OC)c1. The summed E-state index contributed by atoms with van der Waals surface area (Å²) in [5.74, 6) is 1.48. The summed E-state index contributed by atoms with van der Waals surface area (Å²) in [6.45, 7) is 2.02. The van der Waals surface area contributed by atoms with Gasteiger partial charge in [0.25, 0.3) is 0 Å². The molecule has 1 aromatic carbocycles. The zero-order valence-electron chi connectivity index (χ0n) is 9.08. The van der Waals surface area contributed by atoms with Crippen LogP contribution < -0.4 is 9.47 Å². The molecule has 0 aliphatic carbocycles. The fraction of sp³-hybridized carbons (Fsp3) is 0.455. The number of ether oxygens (including phenoxy) is 2. The molecule has 0 spiro atoms. The number of hydrogen-bond donors (Lipinski definition) is 1. The molecule has 0 saturated heterocycles. The maximum Gasteiger partial charge on any atom is 0.127 e. The topological polar surface area (TPSA) is 38.7 Å². The van der Waals surface area contributed by atoms with Crippen molar-refractivity contribution >= 4 is 15.9 Å². The van der Waals surface area contributed by atoms with Crippen LogP contribution in [0.5, 0.6) is 11.5 Å². The first-order chi connectivity index (χ1) is 7.13. The second-order valence-electron chi connectivity index (χ2n) is 3.31. The average molecular weight is 275 g/mol. The van der Waals surface area contributed by atoms with Crippen LogP contribution >= 0.6 is 15.9 Å². The molecule has 15 heavy (non-hydrogen) atoms. The minimum Gasteiger partial charge on any atom is -0.497 e. The molecule has 1 aromatic rings. The molecule has 84 valence electrons. The van der Waals surface area contributed by atoms with Crippen LogP contribution in [0, 0.1) is 0 Å². The molecule has 0 aromatic heterocycles. The van der Waals surface area contributed by atoms with Gasteiger partial charge in [-0.05, 0) is 6.07 Å². The van der Waals surface area contributed by atoms with E-state index in [-0.39, 0.29) is 12.5 Å². The first-order valence-electron chi connectivity index (χ1n) is 4.66. The number of rotatable bonds is 4. The van der Waals surface area contributed by atoms with E-state index in [1.807, 2.05) is 19.1 Å². The zero-order valence-corrected chi connectivity index (χ0v) is 10.7. The first-order valence-corrected chi connectivity index (χ1v) is 5.45. The molecule has 0 bridgehead atoms. The summed E-state index contributed by atoms with van der Waals surface area (Å²) >= 11 is 3.45. The second-order valence-corrected chi connectivity index (χ2v) is 4.16. The summed E-state index contributed by atoms with van der Waals surface area (Å²) in [6, 6.07) is 3.68. The van der Waals surface area contributed by atoms with Gasteiger partial charge in [-0.3, -0.25) is 0 Å². The predicted molar refractivity (Wildman–Crippen MR) is 62.7 cm³/mol. The van der Waals surface area contributed by atoms with E-state index in [1.54, 1.807) is 14.2 Å². The zero-order chi connectivity index (χ0) is 11.4. The van der Waals surface area contributed by atoms with Crippen molar-refractivity contribution in [2.75, 3.05) is 20.8 Å². The summed E-state index contributed by atoms with van der Waals surface area (Å²) in [5, 5.41) is 9.15. The van der Waals surface area contributed by atoms with Gasteiger partial charge in [0, 0.05) is 28.6 Å². The highest BCUT2D eigenvalue weighted by Crippen LogP contribution is 2.37. The van der Waals surface area contributed by atoms with Crippen LogP contribution in [0.2, 0.25) is 0 Å². The molecule has 1 atom stereocenters. The number of hydrogen-bond acceptors (Lipinski definition) is 3. The molecule has 0 aliphatic rings. The van der Waals surface area contributed by atoms with Crippen LogP contribution in [0.3, 0.4) is 0 Å². The second kappa shape index (κ2) is 5.37. The van der Waals surface area contributed by atoms with Gasteiger partial charge in [-0.1, -0.05) is 22.9 Å². The van der Waals surface area contributed by atoms with Gasteiger partial charge >= 0.3 is 0 Å². The Kier molecular flexibility index (Phi) is 4.42. The molecule has 0 amide bonds. The third kappa shape index (κ3) is 2.63. The Bertz CT molecular complexity index is 339. The smallest absolute Gasteiger partial charge is 0.127 e. The Hall–Kier alpha value is -0.740. The molecule has 1 rings (SSSR count). The fourth-order valence-corrected chi connectivity index (χ4v) is 2.24. The summed E-state index contributed by atoms with van der Waals surface area (Å²) < 4.78 is 11.3. The largest absolute Gasteiger partial charge is 0.497 e. The van der Waals surface area contributed by atoms with Gasteiger partial charge in [-0.15, -0.1) is 0 Å². The van der Waals surface area contributed by atoms with Crippen molar-refractivity contribution in [2.24, 2.45) is 0 Å². The van der Waals surface area contributed by atoms with Crippen molar-refractivity contribution in [3.8, 4) is 11.5 Å². The van der Waals surface area contributed by atoms with Crippen molar-refractivity contribution in [2.45, 2.75) is 12.8 Å². The fourth-order valence-electron chi connectivity index (χ4n) is 1.43. The summed E-state index contributed by atoms with van der Waals surface area (Å²) in [4.78, 5) is 0. The van der Waals surface area contributed by atoms with Crippen LogP contribution in [0.15, 0.2) is 16.6 Å². The van der Waals surface area contributed by atoms with Gasteiger partial charge in [-0.25, -0.2) is 0 Å². The number of benzene rings is 1. The lowest BCUT2D eigenvalue weighted by Gasteiger charge is -2.16. The predicted octanol–water partition coefficient (Wildman–Crippen LogP) is 2.56. The van der Waals surface area contributed by atoms with Gasteiger partial charge in [0.05, 0.1) is 14.2 Å². The van der Waals surface area contributed by atoms with E-state index in [1.165, 1.54) is 0 Å². The monoisotopic (exact) mass is 274 g/mol. The Balaban J connectivity index is 3.24. The van der Waals surface area contributed by atoms with E-state index >= 15 is 0 Å². The van der Waals surface area contributed by atoms with Crippen molar-refractivity contribution in [1.82, 2.24) is 0 Å². The Morgan fingerprint density at radius 1 is 1.33 bits per heavy atom. The van der Waals surface area contributed by atoms with Crippen LogP contribution in [0.4, 0.5) is 0 Å². The van der Waals surface area contributed by atoms with E-state index in [2.05, 4.69) is 15.9 Å². The number of methoxy groups -OCH3 is 2. The standard InChI is InChI=1S/C11H15BrO3/c1-7(6-13)11-9(12)4-8(14-2)5-10(11)15-3/h4-5,7,13H,6H2,1-3H3. The Labute approximate surface area is 98.1 Å². The van der Waals surface area contributed by atoms with Crippen molar-refractivity contribution in [3.63, 3.8) is 0 Å². The van der Waals surface area contributed by atoms with Gasteiger partial charge in [0.1, 0.15) is 11.5 Å². The van der Waals surface area contributed by atoms with Gasteiger partial charge in [0.15, 0.2) is 0 Å². The summed E-state index contributed by atoms with van der Waals surface area (Å²) in [5.41, 5.74) is 0.959. The summed E-state index contributed by atoms with van der Waals surface area (Å²) in [7, 11) is 3.21. The van der Waals surface area contributed by atoms with Gasteiger partial charge < -0.3 is 14.6 Å². The van der Waals surface area contributed by atoms with Crippen molar-refractivity contribution in [3.05, 3.63) is 22.2 Å². The molecule has 1 N–H and O–H groups in total. The molecule has 0 fully saturated rings. The number of halogens is 1.